The second kappa shape index (κ2) is 10.1. The zero-order chi connectivity index (χ0) is 25.0. The fourth-order valence-corrected chi connectivity index (χ4v) is 4.54. The van der Waals surface area contributed by atoms with Crippen molar-refractivity contribution in [1.82, 2.24) is 15.8 Å². The number of methoxy groups -OCH3 is 2. The van der Waals surface area contributed by atoms with E-state index in [1.54, 1.807) is 56.7 Å². The lowest BCUT2D eigenvalue weighted by Crippen LogP contribution is -2.50. The number of anilines is 1. The number of hydrazine groups is 1. The van der Waals surface area contributed by atoms with Crippen LogP contribution >= 0.6 is 11.3 Å². The van der Waals surface area contributed by atoms with E-state index in [-0.39, 0.29) is 6.54 Å². The maximum absolute atomic E-state index is 13.2. The van der Waals surface area contributed by atoms with Gasteiger partial charge in [0.05, 0.1) is 27.3 Å². The number of rotatable bonds is 9. The van der Waals surface area contributed by atoms with Crippen LogP contribution in [0, 0.1) is 0 Å². The molecule has 1 aliphatic rings. The van der Waals surface area contributed by atoms with E-state index in [9.17, 15) is 14.4 Å². The van der Waals surface area contributed by atoms with Crippen LogP contribution in [0.1, 0.15) is 17.4 Å². The van der Waals surface area contributed by atoms with Gasteiger partial charge < -0.3 is 19.7 Å². The van der Waals surface area contributed by atoms with Gasteiger partial charge >= 0.3 is 6.03 Å². The maximum Gasteiger partial charge on any atom is 0.344 e. The monoisotopic (exact) mass is 494 g/mol. The SMILES string of the molecule is COc1ccc(N(CC(=O)NN2C(=O)NC(C)(c3ccc(OC)cc3)C2=O)Cc2cccs2)cc1. The van der Waals surface area contributed by atoms with Crippen LogP contribution in [-0.4, -0.2) is 43.6 Å². The van der Waals surface area contributed by atoms with Crippen molar-refractivity contribution in [2.24, 2.45) is 0 Å². The number of carbonyl (C=O) groups is 3. The number of nitrogens with one attached hydrogen (secondary N) is 2. The first-order valence-corrected chi connectivity index (χ1v) is 11.7. The molecule has 0 radical (unpaired) electrons. The number of amides is 4. The van der Waals surface area contributed by atoms with Crippen molar-refractivity contribution in [3.63, 3.8) is 0 Å². The summed E-state index contributed by atoms with van der Waals surface area (Å²) in [5.41, 5.74) is 2.53. The number of benzene rings is 2. The van der Waals surface area contributed by atoms with E-state index in [4.69, 9.17) is 9.47 Å². The van der Waals surface area contributed by atoms with Crippen molar-refractivity contribution in [2.75, 3.05) is 25.7 Å². The molecule has 1 saturated heterocycles. The normalized spacial score (nSPS) is 17.2. The fourth-order valence-electron chi connectivity index (χ4n) is 3.82. The number of thiophene rings is 1. The highest BCUT2D eigenvalue weighted by Crippen LogP contribution is 2.29. The van der Waals surface area contributed by atoms with Crippen LogP contribution in [0.25, 0.3) is 0 Å². The zero-order valence-electron chi connectivity index (χ0n) is 19.6. The predicted molar refractivity (Wildman–Crippen MR) is 132 cm³/mol. The first-order chi connectivity index (χ1) is 16.8. The first kappa shape index (κ1) is 24.1. The van der Waals surface area contributed by atoms with Crippen LogP contribution in [-0.2, 0) is 21.7 Å². The molecule has 3 aromatic rings. The van der Waals surface area contributed by atoms with Gasteiger partial charge in [-0.3, -0.25) is 15.0 Å². The van der Waals surface area contributed by atoms with E-state index < -0.39 is 23.4 Å². The minimum absolute atomic E-state index is 0.0689. The number of urea groups is 1. The zero-order valence-corrected chi connectivity index (χ0v) is 20.4. The Morgan fingerprint density at radius 3 is 2.23 bits per heavy atom. The van der Waals surface area contributed by atoms with E-state index >= 15 is 0 Å². The highest BCUT2D eigenvalue weighted by molar-refractivity contribution is 7.09. The molecule has 2 N–H and O–H groups in total. The lowest BCUT2D eigenvalue weighted by molar-refractivity contribution is -0.138. The molecule has 1 aromatic heterocycles. The van der Waals surface area contributed by atoms with Crippen LogP contribution in [0.15, 0.2) is 66.0 Å². The standard InChI is InChI=1S/C25H26N4O5S/c1-25(17-6-10-19(33-2)11-7-17)23(31)29(24(32)26-25)27-22(30)16-28(15-21-5-4-14-35-21)18-8-12-20(34-3)13-9-18/h4-14H,15-16H2,1-3H3,(H,26,32)(H,27,30). The molecule has 1 unspecified atom stereocenters. The molecule has 1 atom stereocenters. The van der Waals surface area contributed by atoms with Gasteiger partial charge in [0, 0.05) is 10.6 Å². The van der Waals surface area contributed by atoms with Gasteiger partial charge in [0.2, 0.25) is 0 Å². The predicted octanol–water partition coefficient (Wildman–Crippen LogP) is 3.27. The summed E-state index contributed by atoms with van der Waals surface area (Å²) in [5, 5.41) is 5.39. The minimum atomic E-state index is -1.32. The number of nitrogens with zero attached hydrogens (tertiary/aromatic N) is 2. The van der Waals surface area contributed by atoms with Crippen molar-refractivity contribution in [2.45, 2.75) is 19.0 Å². The maximum atomic E-state index is 13.2. The van der Waals surface area contributed by atoms with Crippen LogP contribution < -0.4 is 25.1 Å². The molecule has 0 bridgehead atoms. The van der Waals surface area contributed by atoms with Crippen LogP contribution in [0.2, 0.25) is 0 Å². The van der Waals surface area contributed by atoms with E-state index in [1.165, 1.54) is 0 Å². The summed E-state index contributed by atoms with van der Waals surface area (Å²) in [7, 11) is 3.13. The fraction of sp³-hybridized carbons (Fsp3) is 0.240. The second-order valence-corrected chi connectivity index (χ2v) is 9.12. The number of imide groups is 1. The first-order valence-electron chi connectivity index (χ1n) is 10.9. The van der Waals surface area contributed by atoms with E-state index in [2.05, 4.69) is 10.7 Å². The van der Waals surface area contributed by atoms with Gasteiger partial charge in [0.15, 0.2) is 0 Å². The van der Waals surface area contributed by atoms with Gasteiger partial charge in [-0.2, -0.15) is 5.01 Å². The Balaban J connectivity index is 1.49. The molecule has 2 heterocycles. The highest BCUT2D eigenvalue weighted by Gasteiger charge is 2.50. The molecule has 0 spiro atoms. The average Bonchev–Trinajstić information content (AvgIpc) is 3.46. The van der Waals surface area contributed by atoms with Gasteiger partial charge in [-0.25, -0.2) is 4.79 Å². The van der Waals surface area contributed by atoms with Crippen molar-refractivity contribution < 1.29 is 23.9 Å². The number of ether oxygens (including phenoxy) is 2. The number of hydrogen-bond acceptors (Lipinski definition) is 7. The Kier molecular flexibility index (Phi) is 6.92. The summed E-state index contributed by atoms with van der Waals surface area (Å²) in [5.74, 6) is 0.255. The third-order valence-corrected chi connectivity index (χ3v) is 6.65. The summed E-state index contributed by atoms with van der Waals surface area (Å²) in [4.78, 5) is 41.7. The van der Waals surface area contributed by atoms with Gasteiger partial charge in [-0.05, 0) is 60.3 Å². The number of carbonyl (C=O) groups excluding carboxylic acids is 3. The van der Waals surface area contributed by atoms with E-state index in [1.807, 2.05) is 46.7 Å². The molecule has 0 saturated carbocycles. The molecule has 4 rings (SSSR count). The molecule has 9 nitrogen and oxygen atoms in total. The second-order valence-electron chi connectivity index (χ2n) is 8.09. The minimum Gasteiger partial charge on any atom is -0.497 e. The largest absolute Gasteiger partial charge is 0.497 e. The molecule has 1 aliphatic heterocycles. The molecule has 2 aromatic carbocycles. The van der Waals surface area contributed by atoms with Crippen LogP contribution in [0.3, 0.4) is 0 Å². The molecule has 35 heavy (non-hydrogen) atoms. The van der Waals surface area contributed by atoms with Crippen molar-refractivity contribution in [3.8, 4) is 11.5 Å². The summed E-state index contributed by atoms with van der Waals surface area (Å²) in [6, 6.07) is 17.4. The Hall–Kier alpha value is -4.05. The quantitative estimate of drug-likeness (QED) is 0.443. The topological polar surface area (TPSA) is 100 Å². The van der Waals surface area contributed by atoms with Gasteiger partial charge in [-0.1, -0.05) is 18.2 Å². The van der Waals surface area contributed by atoms with Crippen molar-refractivity contribution in [1.29, 1.82) is 0 Å². The lowest BCUT2D eigenvalue weighted by atomic mass is 9.92. The van der Waals surface area contributed by atoms with Crippen molar-refractivity contribution >= 4 is 34.9 Å². The molecular weight excluding hydrogens is 468 g/mol. The van der Waals surface area contributed by atoms with Crippen molar-refractivity contribution in [3.05, 3.63) is 76.5 Å². The van der Waals surface area contributed by atoms with E-state index in [0.717, 1.165) is 15.6 Å². The van der Waals surface area contributed by atoms with E-state index in [0.29, 0.717) is 23.6 Å². The Morgan fingerprint density at radius 1 is 1.03 bits per heavy atom. The molecule has 4 amide bonds. The lowest BCUT2D eigenvalue weighted by Gasteiger charge is -2.25. The molecule has 0 aliphatic carbocycles. The molecule has 1 fully saturated rings. The Labute approximate surface area is 207 Å². The Bertz CT molecular complexity index is 1200. The molecule has 10 heteroatoms. The van der Waals surface area contributed by atoms with Crippen LogP contribution in [0.4, 0.5) is 10.5 Å². The molecular formula is C25H26N4O5S. The third-order valence-electron chi connectivity index (χ3n) is 5.79. The number of hydrogen-bond donors (Lipinski definition) is 2. The van der Waals surface area contributed by atoms with Gasteiger partial charge in [0.25, 0.3) is 11.8 Å². The summed E-state index contributed by atoms with van der Waals surface area (Å²) in [6.45, 7) is 2.02. The average molecular weight is 495 g/mol. The third kappa shape index (κ3) is 5.07. The molecule has 182 valence electrons. The van der Waals surface area contributed by atoms with Crippen LogP contribution in [0.5, 0.6) is 11.5 Å². The smallest absolute Gasteiger partial charge is 0.344 e. The van der Waals surface area contributed by atoms with Gasteiger partial charge in [0.1, 0.15) is 17.0 Å². The highest BCUT2D eigenvalue weighted by atomic mass is 32.1. The summed E-state index contributed by atoms with van der Waals surface area (Å²) < 4.78 is 10.4. The summed E-state index contributed by atoms with van der Waals surface area (Å²) >= 11 is 1.58. The van der Waals surface area contributed by atoms with Gasteiger partial charge in [-0.15, -0.1) is 11.3 Å². The summed E-state index contributed by atoms with van der Waals surface area (Å²) in [6.07, 6.45) is 0. The Morgan fingerprint density at radius 2 is 1.66 bits per heavy atom.